The van der Waals surface area contributed by atoms with Gasteiger partial charge in [0.25, 0.3) is 5.91 Å². The minimum Gasteiger partial charge on any atom is -0.352 e. The normalized spacial score (nSPS) is 10.8. The first-order valence-corrected chi connectivity index (χ1v) is 8.44. The van der Waals surface area contributed by atoms with Gasteiger partial charge in [0.15, 0.2) is 0 Å². The van der Waals surface area contributed by atoms with Crippen LogP contribution in [0.2, 0.25) is 0 Å². The van der Waals surface area contributed by atoms with Crippen LogP contribution >= 0.6 is 11.3 Å². The SMILES string of the molecule is O=C(NCCc1csc(-c2ccc(F)cc2F)n1)c1cc(F)cc(F)c1. The van der Waals surface area contributed by atoms with Crippen molar-refractivity contribution in [2.24, 2.45) is 0 Å². The Kier molecular flexibility index (Phi) is 5.32. The molecule has 0 spiro atoms. The summed E-state index contributed by atoms with van der Waals surface area (Å²) in [6.07, 6.45) is 0.350. The second-order valence-corrected chi connectivity index (χ2v) is 6.29. The molecule has 0 radical (unpaired) electrons. The Morgan fingerprint density at radius 1 is 1.00 bits per heavy atom. The second kappa shape index (κ2) is 7.65. The average Bonchev–Trinajstić information content (AvgIpc) is 3.02. The van der Waals surface area contributed by atoms with Gasteiger partial charge in [-0.1, -0.05) is 0 Å². The van der Waals surface area contributed by atoms with Crippen LogP contribution in [0.3, 0.4) is 0 Å². The van der Waals surface area contributed by atoms with E-state index in [-0.39, 0.29) is 17.7 Å². The second-order valence-electron chi connectivity index (χ2n) is 5.43. The molecule has 1 amide bonds. The van der Waals surface area contributed by atoms with Crippen molar-refractivity contribution in [2.75, 3.05) is 6.54 Å². The number of aromatic nitrogens is 1. The molecule has 0 aliphatic heterocycles. The summed E-state index contributed by atoms with van der Waals surface area (Å²) in [5, 5.41) is 4.64. The maximum Gasteiger partial charge on any atom is 0.251 e. The van der Waals surface area contributed by atoms with Gasteiger partial charge in [0.05, 0.1) is 5.69 Å². The highest BCUT2D eigenvalue weighted by Gasteiger charge is 2.12. The molecule has 0 fully saturated rings. The Morgan fingerprint density at radius 3 is 2.42 bits per heavy atom. The van der Waals surface area contributed by atoms with Gasteiger partial charge < -0.3 is 5.32 Å². The molecule has 3 nitrogen and oxygen atoms in total. The molecule has 0 unspecified atom stereocenters. The molecule has 0 aliphatic rings. The lowest BCUT2D eigenvalue weighted by Crippen LogP contribution is -2.26. The summed E-state index contributed by atoms with van der Waals surface area (Å²) in [5.74, 6) is -3.64. The van der Waals surface area contributed by atoms with E-state index in [0.717, 1.165) is 24.3 Å². The summed E-state index contributed by atoms with van der Waals surface area (Å²) in [6.45, 7) is 0.187. The van der Waals surface area contributed by atoms with Crippen molar-refractivity contribution in [1.82, 2.24) is 10.3 Å². The number of hydrogen-bond donors (Lipinski definition) is 1. The van der Waals surface area contributed by atoms with Gasteiger partial charge in [-0.3, -0.25) is 4.79 Å². The van der Waals surface area contributed by atoms with Crippen LogP contribution in [-0.2, 0) is 6.42 Å². The zero-order chi connectivity index (χ0) is 18.7. The molecule has 0 saturated carbocycles. The monoisotopic (exact) mass is 380 g/mol. The molecule has 1 aromatic heterocycles. The average molecular weight is 380 g/mol. The van der Waals surface area contributed by atoms with Gasteiger partial charge >= 0.3 is 0 Å². The number of carbonyl (C=O) groups is 1. The van der Waals surface area contributed by atoms with E-state index in [4.69, 9.17) is 0 Å². The third-order valence-corrected chi connectivity index (χ3v) is 4.43. The largest absolute Gasteiger partial charge is 0.352 e. The molecule has 3 rings (SSSR count). The maximum absolute atomic E-state index is 13.8. The van der Waals surface area contributed by atoms with Crippen LogP contribution in [0.1, 0.15) is 16.1 Å². The predicted molar refractivity (Wildman–Crippen MR) is 89.9 cm³/mol. The van der Waals surface area contributed by atoms with Crippen molar-refractivity contribution in [1.29, 1.82) is 0 Å². The van der Waals surface area contributed by atoms with Gasteiger partial charge in [-0.05, 0) is 24.3 Å². The highest BCUT2D eigenvalue weighted by molar-refractivity contribution is 7.13. The fourth-order valence-corrected chi connectivity index (χ4v) is 3.18. The van der Waals surface area contributed by atoms with Gasteiger partial charge in [0.1, 0.15) is 28.3 Å². The zero-order valence-corrected chi connectivity index (χ0v) is 14.0. The Labute approximate surface area is 150 Å². The maximum atomic E-state index is 13.8. The van der Waals surface area contributed by atoms with Crippen LogP contribution < -0.4 is 5.32 Å². The van der Waals surface area contributed by atoms with E-state index in [1.165, 1.54) is 17.4 Å². The van der Waals surface area contributed by atoms with Crippen LogP contribution in [0.25, 0.3) is 10.6 Å². The smallest absolute Gasteiger partial charge is 0.251 e. The summed E-state index contributed by atoms with van der Waals surface area (Å²) in [4.78, 5) is 16.1. The first kappa shape index (κ1) is 18.1. The van der Waals surface area contributed by atoms with Crippen LogP contribution in [0.15, 0.2) is 41.8 Å². The number of amides is 1. The van der Waals surface area contributed by atoms with Crippen LogP contribution in [-0.4, -0.2) is 17.4 Å². The first-order valence-electron chi connectivity index (χ1n) is 7.56. The van der Waals surface area contributed by atoms with Gasteiger partial charge in [0, 0.05) is 41.6 Å². The fourth-order valence-electron chi connectivity index (χ4n) is 2.30. The summed E-state index contributed by atoms with van der Waals surface area (Å²) < 4.78 is 52.9. The molecular formula is C18H12F4N2OS. The highest BCUT2D eigenvalue weighted by atomic mass is 32.1. The number of nitrogens with zero attached hydrogens (tertiary/aromatic N) is 1. The molecule has 0 bridgehead atoms. The molecule has 26 heavy (non-hydrogen) atoms. The van der Waals surface area contributed by atoms with Crippen LogP contribution in [0, 0.1) is 23.3 Å². The molecule has 134 valence electrons. The fraction of sp³-hybridized carbons (Fsp3) is 0.111. The molecule has 2 aromatic carbocycles. The van der Waals surface area contributed by atoms with Gasteiger partial charge in [0.2, 0.25) is 0 Å². The Balaban J connectivity index is 1.60. The van der Waals surface area contributed by atoms with Crippen molar-refractivity contribution in [2.45, 2.75) is 6.42 Å². The number of benzene rings is 2. The third kappa shape index (κ3) is 4.26. The van der Waals surface area contributed by atoms with E-state index in [9.17, 15) is 22.4 Å². The first-order chi connectivity index (χ1) is 12.4. The van der Waals surface area contributed by atoms with E-state index >= 15 is 0 Å². The molecule has 0 aliphatic carbocycles. The van der Waals surface area contributed by atoms with E-state index in [1.807, 2.05) is 0 Å². The molecule has 0 saturated heterocycles. The summed E-state index contributed by atoms with van der Waals surface area (Å²) in [7, 11) is 0. The lowest BCUT2D eigenvalue weighted by molar-refractivity contribution is 0.0953. The van der Waals surface area contributed by atoms with Gasteiger partial charge in [-0.25, -0.2) is 22.5 Å². The quantitative estimate of drug-likeness (QED) is 0.669. The van der Waals surface area contributed by atoms with Crippen molar-refractivity contribution >= 4 is 17.2 Å². The number of carbonyl (C=O) groups excluding carboxylic acids is 1. The van der Waals surface area contributed by atoms with Crippen molar-refractivity contribution in [3.05, 3.63) is 76.3 Å². The Hall–Kier alpha value is -2.74. The number of hydrogen-bond acceptors (Lipinski definition) is 3. The number of thiazole rings is 1. The van der Waals surface area contributed by atoms with Crippen LogP contribution in [0.5, 0.6) is 0 Å². The summed E-state index contributed by atoms with van der Waals surface area (Å²) in [6, 6.07) is 5.82. The minimum atomic E-state index is -0.833. The van der Waals surface area contributed by atoms with E-state index in [2.05, 4.69) is 10.3 Å². The molecule has 1 heterocycles. The lowest BCUT2D eigenvalue weighted by atomic mass is 10.2. The van der Waals surface area contributed by atoms with Crippen molar-refractivity contribution < 1.29 is 22.4 Å². The summed E-state index contributed by atoms with van der Waals surface area (Å²) in [5.41, 5.74) is 0.691. The van der Waals surface area contributed by atoms with Crippen molar-refractivity contribution in [3.63, 3.8) is 0 Å². The molecular weight excluding hydrogens is 368 g/mol. The third-order valence-electron chi connectivity index (χ3n) is 3.50. The standard InChI is InChI=1S/C18H12F4N2OS/c19-11-1-2-15(16(22)8-11)18-24-14(9-26-18)3-4-23-17(25)10-5-12(20)7-13(21)6-10/h1-2,5-9H,3-4H2,(H,23,25). The van der Waals surface area contributed by atoms with E-state index < -0.39 is 29.2 Å². The minimum absolute atomic E-state index is 0.116. The van der Waals surface area contributed by atoms with Gasteiger partial charge in [-0.2, -0.15) is 0 Å². The van der Waals surface area contributed by atoms with E-state index in [0.29, 0.717) is 23.2 Å². The highest BCUT2D eigenvalue weighted by Crippen LogP contribution is 2.26. The lowest BCUT2D eigenvalue weighted by Gasteiger charge is -2.04. The zero-order valence-electron chi connectivity index (χ0n) is 13.2. The van der Waals surface area contributed by atoms with E-state index in [1.54, 1.807) is 5.38 Å². The molecule has 0 atom stereocenters. The molecule has 8 heteroatoms. The Bertz CT molecular complexity index is 938. The summed E-state index contributed by atoms with van der Waals surface area (Å²) >= 11 is 1.20. The predicted octanol–water partition coefficient (Wildman–Crippen LogP) is 4.34. The Morgan fingerprint density at radius 2 is 1.73 bits per heavy atom. The number of nitrogens with one attached hydrogen (secondary N) is 1. The van der Waals surface area contributed by atoms with Crippen molar-refractivity contribution in [3.8, 4) is 10.6 Å². The topological polar surface area (TPSA) is 42.0 Å². The molecule has 1 N–H and O–H groups in total. The van der Waals surface area contributed by atoms with Gasteiger partial charge in [-0.15, -0.1) is 11.3 Å². The number of halogens is 4. The molecule has 3 aromatic rings. The number of rotatable bonds is 5. The van der Waals surface area contributed by atoms with Crippen LogP contribution in [0.4, 0.5) is 17.6 Å².